The molecule has 172 valence electrons. The van der Waals surface area contributed by atoms with Crippen LogP contribution in [0.25, 0.3) is 6.08 Å². The highest BCUT2D eigenvalue weighted by atomic mass is 16.5. The lowest BCUT2D eigenvalue weighted by Crippen LogP contribution is -2.08. The molecular weight excluding hydrogens is 404 g/mol. The average Bonchev–Trinajstić information content (AvgIpc) is 2.81. The van der Waals surface area contributed by atoms with Crippen molar-refractivity contribution in [2.24, 2.45) is 0 Å². The summed E-state index contributed by atoms with van der Waals surface area (Å²) in [6, 6.07) is 13.9. The van der Waals surface area contributed by atoms with E-state index in [2.05, 4.69) is 13.8 Å². The maximum Gasteiger partial charge on any atom is 0.343 e. The Morgan fingerprint density at radius 3 is 2.06 bits per heavy atom. The van der Waals surface area contributed by atoms with E-state index >= 15 is 0 Å². The molecule has 0 bridgehead atoms. The third-order valence-electron chi connectivity index (χ3n) is 4.85. The lowest BCUT2D eigenvalue weighted by Gasteiger charge is -2.07. The fourth-order valence-electron chi connectivity index (χ4n) is 2.96. The van der Waals surface area contributed by atoms with Gasteiger partial charge in [0.05, 0.1) is 18.8 Å². The first kappa shape index (κ1) is 25.2. The summed E-state index contributed by atoms with van der Waals surface area (Å²) in [5, 5.41) is 0. The van der Waals surface area contributed by atoms with Crippen molar-refractivity contribution >= 4 is 18.0 Å². The van der Waals surface area contributed by atoms with Gasteiger partial charge in [0, 0.05) is 6.08 Å². The van der Waals surface area contributed by atoms with Gasteiger partial charge in [0.1, 0.15) is 11.5 Å². The number of carbonyl (C=O) groups excluding carboxylic acids is 2. The predicted molar refractivity (Wildman–Crippen MR) is 127 cm³/mol. The summed E-state index contributed by atoms with van der Waals surface area (Å²) in [6.45, 7) is 5.42. The normalized spacial score (nSPS) is 10.8. The van der Waals surface area contributed by atoms with Crippen LogP contribution in [0.3, 0.4) is 0 Å². The van der Waals surface area contributed by atoms with E-state index in [-0.39, 0.29) is 5.97 Å². The summed E-state index contributed by atoms with van der Waals surface area (Å²) < 4.78 is 16.3. The number of benzene rings is 2. The maximum absolute atomic E-state index is 12.4. The minimum atomic E-state index is -0.433. The third-order valence-corrected chi connectivity index (χ3v) is 4.85. The van der Waals surface area contributed by atoms with E-state index in [0.29, 0.717) is 24.5 Å². The highest BCUT2D eigenvalue weighted by molar-refractivity contribution is 5.91. The largest absolute Gasteiger partial charge is 0.494 e. The van der Waals surface area contributed by atoms with Crippen molar-refractivity contribution in [1.29, 1.82) is 0 Å². The first-order valence-electron chi connectivity index (χ1n) is 11.5. The Morgan fingerprint density at radius 1 is 0.750 bits per heavy atom. The SMILES string of the molecule is CCCCCCOC(=O)C=Cc1ccc(OC(=O)c2ccc(OCCCCC)cc2)cc1. The molecule has 0 fully saturated rings. The molecule has 2 aromatic rings. The Morgan fingerprint density at radius 2 is 1.38 bits per heavy atom. The summed E-state index contributed by atoms with van der Waals surface area (Å²) in [5.74, 6) is 0.395. The molecular formula is C27H34O5. The molecule has 0 aliphatic carbocycles. The summed E-state index contributed by atoms with van der Waals surface area (Å²) in [4.78, 5) is 24.1. The van der Waals surface area contributed by atoms with Crippen LogP contribution in [0.4, 0.5) is 0 Å². The molecule has 0 amide bonds. The fraction of sp³-hybridized carbons (Fsp3) is 0.407. The molecule has 32 heavy (non-hydrogen) atoms. The topological polar surface area (TPSA) is 61.8 Å². The van der Waals surface area contributed by atoms with Crippen LogP contribution in [0.2, 0.25) is 0 Å². The molecule has 0 aromatic heterocycles. The number of hydrogen-bond acceptors (Lipinski definition) is 5. The Hall–Kier alpha value is -3.08. The number of rotatable bonds is 14. The van der Waals surface area contributed by atoms with E-state index in [1.165, 1.54) is 6.08 Å². The molecule has 2 aromatic carbocycles. The molecule has 0 saturated heterocycles. The van der Waals surface area contributed by atoms with Crippen molar-refractivity contribution in [2.75, 3.05) is 13.2 Å². The molecule has 5 heteroatoms. The lowest BCUT2D eigenvalue weighted by atomic mass is 10.2. The molecule has 0 atom stereocenters. The predicted octanol–water partition coefficient (Wildman–Crippen LogP) is 6.61. The van der Waals surface area contributed by atoms with Gasteiger partial charge in [-0.3, -0.25) is 0 Å². The van der Waals surface area contributed by atoms with Gasteiger partial charge in [0.25, 0.3) is 0 Å². The molecule has 0 aliphatic rings. The van der Waals surface area contributed by atoms with Crippen molar-refractivity contribution in [2.45, 2.75) is 58.8 Å². The highest BCUT2D eigenvalue weighted by Gasteiger charge is 2.09. The van der Waals surface area contributed by atoms with Crippen molar-refractivity contribution in [3.63, 3.8) is 0 Å². The van der Waals surface area contributed by atoms with E-state index in [9.17, 15) is 9.59 Å². The number of carbonyl (C=O) groups is 2. The van der Waals surface area contributed by atoms with E-state index in [1.807, 2.05) is 0 Å². The zero-order valence-electron chi connectivity index (χ0n) is 19.2. The van der Waals surface area contributed by atoms with Crippen LogP contribution in [0.1, 0.15) is 74.7 Å². The second-order valence-corrected chi connectivity index (χ2v) is 7.60. The van der Waals surface area contributed by atoms with E-state index in [0.717, 1.165) is 56.3 Å². The van der Waals surface area contributed by atoms with Crippen molar-refractivity contribution < 1.29 is 23.8 Å². The van der Waals surface area contributed by atoms with Crippen LogP contribution in [0, 0.1) is 0 Å². The van der Waals surface area contributed by atoms with Crippen LogP contribution < -0.4 is 9.47 Å². The minimum absolute atomic E-state index is 0.352. The van der Waals surface area contributed by atoms with Crippen molar-refractivity contribution in [3.8, 4) is 11.5 Å². The molecule has 5 nitrogen and oxygen atoms in total. The molecule has 0 saturated carbocycles. The van der Waals surface area contributed by atoms with Gasteiger partial charge in [-0.1, -0.05) is 58.1 Å². The fourth-order valence-corrected chi connectivity index (χ4v) is 2.96. The average molecular weight is 439 g/mol. The Balaban J connectivity index is 1.78. The van der Waals surface area contributed by atoms with E-state index in [1.54, 1.807) is 54.6 Å². The van der Waals surface area contributed by atoms with Gasteiger partial charge in [-0.2, -0.15) is 0 Å². The van der Waals surface area contributed by atoms with Gasteiger partial charge >= 0.3 is 11.9 Å². The molecule has 0 spiro atoms. The molecule has 0 unspecified atom stereocenters. The van der Waals surface area contributed by atoms with Gasteiger partial charge in [-0.15, -0.1) is 0 Å². The van der Waals surface area contributed by atoms with Crippen molar-refractivity contribution in [1.82, 2.24) is 0 Å². The van der Waals surface area contributed by atoms with Crippen LogP contribution >= 0.6 is 0 Å². The first-order chi connectivity index (χ1) is 15.6. The van der Waals surface area contributed by atoms with Gasteiger partial charge in [-0.25, -0.2) is 9.59 Å². The molecule has 0 radical (unpaired) electrons. The molecule has 0 heterocycles. The smallest absolute Gasteiger partial charge is 0.343 e. The summed E-state index contributed by atoms with van der Waals surface area (Å²) in [7, 11) is 0. The van der Waals surface area contributed by atoms with Crippen LogP contribution in [0.5, 0.6) is 11.5 Å². The second kappa shape index (κ2) is 14.8. The summed E-state index contributed by atoms with van der Waals surface area (Å²) in [5.41, 5.74) is 1.27. The van der Waals surface area contributed by atoms with E-state index in [4.69, 9.17) is 14.2 Å². The highest BCUT2D eigenvalue weighted by Crippen LogP contribution is 2.17. The Labute approximate surface area is 191 Å². The first-order valence-corrected chi connectivity index (χ1v) is 11.5. The number of ether oxygens (including phenoxy) is 3. The Kier molecular flexibility index (Phi) is 11.7. The van der Waals surface area contributed by atoms with Crippen LogP contribution in [0.15, 0.2) is 54.6 Å². The standard InChI is InChI=1S/C27H34O5/c1-3-5-7-9-21-31-26(28)19-12-22-10-15-25(16-11-22)32-27(29)23-13-17-24(18-14-23)30-20-8-6-4-2/h10-19H,3-9,20-21H2,1-2H3. The summed E-state index contributed by atoms with van der Waals surface area (Å²) in [6.07, 6.45) is 10.7. The summed E-state index contributed by atoms with van der Waals surface area (Å²) >= 11 is 0. The lowest BCUT2D eigenvalue weighted by molar-refractivity contribution is -0.137. The maximum atomic E-state index is 12.4. The zero-order valence-corrected chi connectivity index (χ0v) is 19.2. The van der Waals surface area contributed by atoms with Gasteiger partial charge in [-0.05, 0) is 60.9 Å². The molecule has 0 N–H and O–H groups in total. The minimum Gasteiger partial charge on any atom is -0.494 e. The number of hydrogen-bond donors (Lipinski definition) is 0. The third kappa shape index (κ3) is 9.82. The van der Waals surface area contributed by atoms with Crippen LogP contribution in [-0.4, -0.2) is 25.2 Å². The van der Waals surface area contributed by atoms with Crippen molar-refractivity contribution in [3.05, 3.63) is 65.7 Å². The Bertz CT molecular complexity index is 837. The second-order valence-electron chi connectivity index (χ2n) is 7.60. The molecule has 0 aliphatic heterocycles. The van der Waals surface area contributed by atoms with E-state index < -0.39 is 5.97 Å². The monoisotopic (exact) mass is 438 g/mol. The van der Waals surface area contributed by atoms with Gasteiger partial charge in [0.2, 0.25) is 0 Å². The number of unbranched alkanes of at least 4 members (excludes halogenated alkanes) is 5. The molecule has 2 rings (SSSR count). The zero-order chi connectivity index (χ0) is 23.0. The quantitative estimate of drug-likeness (QED) is 0.144. The van der Waals surface area contributed by atoms with Gasteiger partial charge in [0.15, 0.2) is 0 Å². The number of esters is 2. The van der Waals surface area contributed by atoms with Gasteiger partial charge < -0.3 is 14.2 Å². The van der Waals surface area contributed by atoms with Crippen LogP contribution in [-0.2, 0) is 9.53 Å².